The van der Waals surface area contributed by atoms with Crippen LogP contribution in [0.1, 0.15) is 13.8 Å². The van der Waals surface area contributed by atoms with Crippen LogP contribution in [-0.4, -0.2) is 38.0 Å². The molecule has 19 heavy (non-hydrogen) atoms. The van der Waals surface area contributed by atoms with Crippen LogP contribution in [0.5, 0.6) is 5.75 Å². The quantitative estimate of drug-likeness (QED) is 0.589. The van der Waals surface area contributed by atoms with Gasteiger partial charge >= 0.3 is 7.12 Å². The van der Waals surface area contributed by atoms with Crippen LogP contribution in [0.25, 0.3) is 0 Å². The topological polar surface area (TPSA) is 49.8 Å². The van der Waals surface area contributed by atoms with E-state index in [1.54, 1.807) is 19.5 Å². The molecule has 1 aliphatic rings. The van der Waals surface area contributed by atoms with Crippen LogP contribution >= 0.6 is 0 Å². The summed E-state index contributed by atoms with van der Waals surface area (Å²) in [5.74, 6) is 1.28. The van der Waals surface area contributed by atoms with E-state index >= 15 is 0 Å². The Hall–Kier alpha value is -1.53. The van der Waals surface area contributed by atoms with Gasteiger partial charge in [-0.05, 0) is 19.9 Å². The molecule has 2 rings (SSSR count). The largest absolute Gasteiger partial charge is 0.565 e. The van der Waals surface area contributed by atoms with E-state index in [4.69, 9.17) is 18.8 Å². The van der Waals surface area contributed by atoms with E-state index in [9.17, 15) is 0 Å². The predicted octanol–water partition coefficient (Wildman–Crippen LogP) is 1.14. The minimum absolute atomic E-state index is 0.478. The summed E-state index contributed by atoms with van der Waals surface area (Å²) in [7, 11) is 1.15. The highest BCUT2D eigenvalue weighted by Crippen LogP contribution is 2.29. The highest BCUT2D eigenvalue weighted by molar-refractivity contribution is 6.62. The molecule has 1 aromatic heterocycles. The molecule has 2 heterocycles. The van der Waals surface area contributed by atoms with Gasteiger partial charge in [0.1, 0.15) is 18.0 Å². The Morgan fingerprint density at radius 3 is 2.79 bits per heavy atom. The lowest BCUT2D eigenvalue weighted by atomic mass is 9.80. The van der Waals surface area contributed by atoms with Gasteiger partial charge in [0, 0.05) is 18.8 Å². The summed E-state index contributed by atoms with van der Waals surface area (Å²) in [5.41, 5.74) is 0.319. The summed E-state index contributed by atoms with van der Waals surface area (Å²) in [6.07, 6.45) is 3.34. The molecule has 0 saturated carbocycles. The zero-order valence-corrected chi connectivity index (χ0v) is 11.5. The van der Waals surface area contributed by atoms with Crippen molar-refractivity contribution in [1.29, 1.82) is 0 Å². The fraction of sp³-hybridized carbons (Fsp3) is 0.462. The lowest BCUT2D eigenvalue weighted by Crippen LogP contribution is -2.34. The Morgan fingerprint density at radius 1 is 1.37 bits per heavy atom. The van der Waals surface area contributed by atoms with E-state index < -0.39 is 12.7 Å². The second-order valence-electron chi connectivity index (χ2n) is 4.80. The zero-order valence-electron chi connectivity index (χ0n) is 11.5. The molecule has 0 aromatic carbocycles. The van der Waals surface area contributed by atoms with Crippen molar-refractivity contribution < 1.29 is 18.8 Å². The van der Waals surface area contributed by atoms with Crippen molar-refractivity contribution in [2.75, 3.05) is 20.3 Å². The summed E-state index contributed by atoms with van der Waals surface area (Å²) in [5, 5.41) is 0. The lowest BCUT2D eigenvalue weighted by Gasteiger charge is -2.15. The van der Waals surface area contributed by atoms with Gasteiger partial charge in [0.25, 0.3) is 0 Å². The van der Waals surface area contributed by atoms with Gasteiger partial charge in [0.05, 0.1) is 18.6 Å². The highest BCUT2D eigenvalue weighted by atomic mass is 16.7. The Bertz CT molecular complexity index is 464. The Morgan fingerprint density at radius 2 is 2.16 bits per heavy atom. The average Bonchev–Trinajstić information content (AvgIpc) is 2.65. The molecule has 0 amide bonds. The van der Waals surface area contributed by atoms with Crippen LogP contribution in [0.4, 0.5) is 0 Å². The first-order valence-electron chi connectivity index (χ1n) is 6.13. The average molecular weight is 263 g/mol. The number of hydrogen-bond acceptors (Lipinski definition) is 5. The van der Waals surface area contributed by atoms with E-state index in [0.29, 0.717) is 24.7 Å². The van der Waals surface area contributed by atoms with Crippen LogP contribution in [-0.2, 0) is 14.0 Å². The monoisotopic (exact) mass is 263 g/mol. The molecule has 102 valence electrons. The third-order valence-electron chi connectivity index (χ3n) is 2.89. The van der Waals surface area contributed by atoms with Gasteiger partial charge in [0.15, 0.2) is 0 Å². The standard InChI is InChI=1S/C13H18BNO4/c1-10-13(2,3)19-14(18-10)11-7-12(9-15-8-11)17-6-5-16-4/h7-9H,1,5-6H2,2-4H3. The first-order valence-corrected chi connectivity index (χ1v) is 6.13. The molecule has 0 aliphatic carbocycles. The third kappa shape index (κ3) is 3.27. The van der Waals surface area contributed by atoms with Crippen molar-refractivity contribution in [2.24, 2.45) is 0 Å². The molecule has 6 heteroatoms. The molecule has 0 unspecified atom stereocenters. The number of nitrogens with zero attached hydrogens (tertiary/aromatic N) is 1. The SMILES string of the molecule is C=C1OB(c2cncc(OCCOC)c2)OC1(C)C. The number of rotatable bonds is 5. The number of hydrogen-bond donors (Lipinski definition) is 0. The fourth-order valence-electron chi connectivity index (χ4n) is 1.65. The van der Waals surface area contributed by atoms with Crippen molar-refractivity contribution >= 4 is 12.6 Å². The van der Waals surface area contributed by atoms with E-state index in [2.05, 4.69) is 11.6 Å². The fourth-order valence-corrected chi connectivity index (χ4v) is 1.65. The van der Waals surface area contributed by atoms with Gasteiger partial charge in [-0.15, -0.1) is 0 Å². The van der Waals surface area contributed by atoms with Crippen LogP contribution < -0.4 is 10.2 Å². The predicted molar refractivity (Wildman–Crippen MR) is 72.4 cm³/mol. The van der Waals surface area contributed by atoms with E-state index in [-0.39, 0.29) is 0 Å². The molecule has 0 N–H and O–H groups in total. The molecule has 5 nitrogen and oxygen atoms in total. The second kappa shape index (κ2) is 5.63. The minimum Gasteiger partial charge on any atom is -0.534 e. The molecule has 1 aliphatic heterocycles. The molecule has 0 spiro atoms. The summed E-state index contributed by atoms with van der Waals surface area (Å²) < 4.78 is 21.8. The van der Waals surface area contributed by atoms with Crippen molar-refractivity contribution in [3.8, 4) is 5.75 Å². The second-order valence-corrected chi connectivity index (χ2v) is 4.80. The van der Waals surface area contributed by atoms with Crippen molar-refractivity contribution in [2.45, 2.75) is 19.4 Å². The van der Waals surface area contributed by atoms with Crippen LogP contribution in [0.3, 0.4) is 0 Å². The number of aromatic nitrogens is 1. The Kier molecular flexibility index (Phi) is 4.12. The van der Waals surface area contributed by atoms with Crippen LogP contribution in [0, 0.1) is 0 Å². The first-order chi connectivity index (χ1) is 9.03. The van der Waals surface area contributed by atoms with E-state index in [0.717, 1.165) is 5.46 Å². The number of ether oxygens (including phenoxy) is 2. The van der Waals surface area contributed by atoms with E-state index in [1.807, 2.05) is 19.9 Å². The van der Waals surface area contributed by atoms with Crippen molar-refractivity contribution in [1.82, 2.24) is 4.98 Å². The molecule has 0 atom stereocenters. The number of methoxy groups -OCH3 is 1. The van der Waals surface area contributed by atoms with Gasteiger partial charge < -0.3 is 18.8 Å². The van der Waals surface area contributed by atoms with Crippen molar-refractivity contribution in [3.05, 3.63) is 30.8 Å². The molecule has 0 bridgehead atoms. The number of pyridine rings is 1. The molecule has 1 fully saturated rings. The Balaban J connectivity index is 2.05. The molecule has 0 radical (unpaired) electrons. The highest BCUT2D eigenvalue weighted by Gasteiger charge is 2.43. The Labute approximate surface area is 113 Å². The van der Waals surface area contributed by atoms with Crippen LogP contribution in [0.15, 0.2) is 30.8 Å². The van der Waals surface area contributed by atoms with Crippen LogP contribution in [0.2, 0.25) is 0 Å². The van der Waals surface area contributed by atoms with E-state index in [1.165, 1.54) is 0 Å². The maximum Gasteiger partial charge on any atom is 0.565 e. The normalized spacial score (nSPS) is 17.4. The lowest BCUT2D eigenvalue weighted by molar-refractivity contribution is 0.146. The summed E-state index contributed by atoms with van der Waals surface area (Å²) in [6.45, 7) is 8.70. The van der Waals surface area contributed by atoms with Gasteiger partial charge in [-0.2, -0.15) is 0 Å². The summed E-state index contributed by atoms with van der Waals surface area (Å²) in [4.78, 5) is 4.13. The zero-order chi connectivity index (χ0) is 13.9. The smallest absolute Gasteiger partial charge is 0.534 e. The maximum atomic E-state index is 5.79. The molecule has 1 saturated heterocycles. The maximum absolute atomic E-state index is 5.79. The van der Waals surface area contributed by atoms with Crippen molar-refractivity contribution in [3.63, 3.8) is 0 Å². The molecular formula is C13H18BNO4. The van der Waals surface area contributed by atoms with Gasteiger partial charge in [0.2, 0.25) is 0 Å². The minimum atomic E-state index is -0.489. The van der Waals surface area contributed by atoms with Gasteiger partial charge in [-0.1, -0.05) is 6.58 Å². The first kappa shape index (κ1) is 13.9. The summed E-state index contributed by atoms with van der Waals surface area (Å²) in [6, 6.07) is 1.85. The van der Waals surface area contributed by atoms with Gasteiger partial charge in [-0.25, -0.2) is 0 Å². The van der Waals surface area contributed by atoms with Gasteiger partial charge in [-0.3, -0.25) is 4.98 Å². The molecular weight excluding hydrogens is 245 g/mol. The molecule has 1 aromatic rings. The third-order valence-corrected chi connectivity index (χ3v) is 2.89. The summed E-state index contributed by atoms with van der Waals surface area (Å²) >= 11 is 0.